The van der Waals surface area contributed by atoms with Crippen LogP contribution in [0.5, 0.6) is 0 Å². The molecule has 2 atom stereocenters. The van der Waals surface area contributed by atoms with E-state index in [-0.39, 0.29) is 17.2 Å². The van der Waals surface area contributed by atoms with Crippen molar-refractivity contribution in [3.8, 4) is 0 Å². The van der Waals surface area contributed by atoms with E-state index in [0.717, 1.165) is 18.6 Å². The molecule has 0 radical (unpaired) electrons. The SMILES string of the molecule is CC[C@H](C)[C@H](N)C(=O)Nc1ccc(F)cc1C(=O)O. The van der Waals surface area contributed by atoms with E-state index in [4.69, 9.17) is 10.8 Å². The minimum atomic E-state index is -1.31. The molecule has 0 aliphatic carbocycles. The zero-order chi connectivity index (χ0) is 14.6. The van der Waals surface area contributed by atoms with Gasteiger partial charge in [-0.15, -0.1) is 0 Å². The number of carbonyl (C=O) groups is 2. The van der Waals surface area contributed by atoms with E-state index in [1.807, 2.05) is 13.8 Å². The molecule has 1 amide bonds. The lowest BCUT2D eigenvalue weighted by Gasteiger charge is -2.18. The number of rotatable bonds is 5. The molecule has 1 aromatic rings. The number of hydrogen-bond acceptors (Lipinski definition) is 3. The molecule has 104 valence electrons. The van der Waals surface area contributed by atoms with Crippen LogP contribution in [0.25, 0.3) is 0 Å². The molecule has 0 saturated carbocycles. The highest BCUT2D eigenvalue weighted by molar-refractivity contribution is 6.02. The van der Waals surface area contributed by atoms with Gasteiger partial charge in [-0.2, -0.15) is 0 Å². The van der Waals surface area contributed by atoms with Gasteiger partial charge >= 0.3 is 5.97 Å². The molecule has 19 heavy (non-hydrogen) atoms. The second-order valence-electron chi connectivity index (χ2n) is 4.40. The highest BCUT2D eigenvalue weighted by Gasteiger charge is 2.21. The standard InChI is InChI=1S/C13H17FN2O3/c1-3-7(2)11(15)12(17)16-10-5-4-8(14)6-9(10)13(18)19/h4-7,11H,3,15H2,1-2H3,(H,16,17)(H,18,19)/t7-,11-/m0/s1. The molecule has 0 unspecified atom stereocenters. The van der Waals surface area contributed by atoms with Gasteiger partial charge in [0.15, 0.2) is 0 Å². The Labute approximate surface area is 110 Å². The minimum Gasteiger partial charge on any atom is -0.478 e. The molecule has 6 heteroatoms. The molecule has 0 aliphatic heterocycles. The number of nitrogens with two attached hydrogens (primary N) is 1. The zero-order valence-corrected chi connectivity index (χ0v) is 10.8. The molecule has 0 spiro atoms. The minimum absolute atomic E-state index is 0.0336. The summed E-state index contributed by atoms with van der Waals surface area (Å²) in [6.07, 6.45) is 0.726. The van der Waals surface area contributed by atoms with E-state index in [9.17, 15) is 14.0 Å². The van der Waals surface area contributed by atoms with Crippen molar-refractivity contribution in [3.05, 3.63) is 29.6 Å². The summed E-state index contributed by atoms with van der Waals surface area (Å²) in [6.45, 7) is 3.73. The van der Waals surface area contributed by atoms with Gasteiger partial charge in [-0.25, -0.2) is 9.18 Å². The van der Waals surface area contributed by atoms with Crippen LogP contribution in [-0.4, -0.2) is 23.0 Å². The van der Waals surface area contributed by atoms with Crippen LogP contribution in [0.4, 0.5) is 10.1 Å². The summed E-state index contributed by atoms with van der Waals surface area (Å²) in [5.74, 6) is -2.51. The first kappa shape index (κ1) is 15.1. The Kier molecular flexibility index (Phi) is 5.00. The van der Waals surface area contributed by atoms with Crippen LogP contribution in [0, 0.1) is 11.7 Å². The van der Waals surface area contributed by atoms with Gasteiger partial charge in [0.25, 0.3) is 0 Å². The monoisotopic (exact) mass is 268 g/mol. The average molecular weight is 268 g/mol. The van der Waals surface area contributed by atoms with E-state index in [1.54, 1.807) is 0 Å². The fourth-order valence-corrected chi connectivity index (χ4v) is 1.53. The van der Waals surface area contributed by atoms with Crippen molar-refractivity contribution in [1.82, 2.24) is 0 Å². The first-order valence-corrected chi connectivity index (χ1v) is 5.96. The smallest absolute Gasteiger partial charge is 0.337 e. The summed E-state index contributed by atoms with van der Waals surface area (Å²) in [4.78, 5) is 22.8. The van der Waals surface area contributed by atoms with Gasteiger partial charge < -0.3 is 16.2 Å². The summed E-state index contributed by atoms with van der Waals surface area (Å²) < 4.78 is 13.0. The first-order chi connectivity index (χ1) is 8.86. The van der Waals surface area contributed by atoms with Gasteiger partial charge in [-0.05, 0) is 24.1 Å². The summed E-state index contributed by atoms with van der Waals surface area (Å²) >= 11 is 0. The van der Waals surface area contributed by atoms with Crippen molar-refractivity contribution in [2.45, 2.75) is 26.3 Å². The number of hydrogen-bond donors (Lipinski definition) is 3. The van der Waals surface area contributed by atoms with Gasteiger partial charge in [0.1, 0.15) is 5.82 Å². The van der Waals surface area contributed by atoms with Crippen molar-refractivity contribution in [2.24, 2.45) is 11.7 Å². The van der Waals surface area contributed by atoms with Gasteiger partial charge in [-0.3, -0.25) is 4.79 Å². The molecule has 0 fully saturated rings. The Morgan fingerprint density at radius 2 is 2.11 bits per heavy atom. The maximum atomic E-state index is 13.0. The largest absolute Gasteiger partial charge is 0.478 e. The first-order valence-electron chi connectivity index (χ1n) is 5.96. The van der Waals surface area contributed by atoms with Crippen molar-refractivity contribution < 1.29 is 19.1 Å². The van der Waals surface area contributed by atoms with Crippen LogP contribution < -0.4 is 11.1 Å². The number of benzene rings is 1. The third kappa shape index (κ3) is 3.75. The lowest BCUT2D eigenvalue weighted by atomic mass is 9.99. The number of anilines is 1. The number of halogens is 1. The van der Waals surface area contributed by atoms with Crippen molar-refractivity contribution >= 4 is 17.6 Å². The maximum absolute atomic E-state index is 13.0. The van der Waals surface area contributed by atoms with Gasteiger partial charge in [-0.1, -0.05) is 20.3 Å². The third-order valence-electron chi connectivity index (χ3n) is 3.03. The van der Waals surface area contributed by atoms with Crippen LogP contribution in [0.3, 0.4) is 0 Å². The lowest BCUT2D eigenvalue weighted by molar-refractivity contribution is -0.118. The lowest BCUT2D eigenvalue weighted by Crippen LogP contribution is -2.40. The number of amides is 1. The van der Waals surface area contributed by atoms with E-state index >= 15 is 0 Å². The van der Waals surface area contributed by atoms with Crippen LogP contribution in [0.2, 0.25) is 0 Å². The number of carboxylic acids is 1. The predicted molar refractivity (Wildman–Crippen MR) is 69.4 cm³/mol. The predicted octanol–water partition coefficient (Wildman–Crippen LogP) is 1.84. The molecule has 5 nitrogen and oxygen atoms in total. The number of aromatic carboxylic acids is 1. The van der Waals surface area contributed by atoms with Crippen molar-refractivity contribution in [3.63, 3.8) is 0 Å². The summed E-state index contributed by atoms with van der Waals surface area (Å²) in [5.41, 5.74) is 5.48. The van der Waals surface area contributed by atoms with Crippen LogP contribution in [0.15, 0.2) is 18.2 Å². The molecule has 4 N–H and O–H groups in total. The molecular weight excluding hydrogens is 251 g/mol. The maximum Gasteiger partial charge on any atom is 0.337 e. The Morgan fingerprint density at radius 3 is 2.63 bits per heavy atom. The quantitative estimate of drug-likeness (QED) is 0.759. The molecule has 0 aromatic heterocycles. The van der Waals surface area contributed by atoms with Crippen molar-refractivity contribution in [1.29, 1.82) is 0 Å². The number of carbonyl (C=O) groups excluding carboxylic acids is 1. The molecule has 0 heterocycles. The molecule has 0 saturated heterocycles. The molecule has 0 bridgehead atoms. The summed E-state index contributed by atoms with van der Waals surface area (Å²) in [5, 5.41) is 11.4. The molecule has 0 aliphatic rings. The second-order valence-corrected chi connectivity index (χ2v) is 4.40. The van der Waals surface area contributed by atoms with Gasteiger partial charge in [0.2, 0.25) is 5.91 Å². The van der Waals surface area contributed by atoms with Crippen LogP contribution in [0.1, 0.15) is 30.6 Å². The fraction of sp³-hybridized carbons (Fsp3) is 0.385. The summed E-state index contributed by atoms with van der Waals surface area (Å²) in [7, 11) is 0. The normalized spacial score (nSPS) is 13.7. The Hall–Kier alpha value is -1.95. The molecular formula is C13H17FN2O3. The number of nitrogens with one attached hydrogen (secondary N) is 1. The third-order valence-corrected chi connectivity index (χ3v) is 3.03. The topological polar surface area (TPSA) is 92.4 Å². The van der Waals surface area contributed by atoms with E-state index in [0.29, 0.717) is 0 Å². The van der Waals surface area contributed by atoms with E-state index < -0.39 is 23.7 Å². The Morgan fingerprint density at radius 1 is 1.47 bits per heavy atom. The van der Waals surface area contributed by atoms with Gasteiger partial charge in [0, 0.05) is 0 Å². The fourth-order valence-electron chi connectivity index (χ4n) is 1.53. The highest BCUT2D eigenvalue weighted by atomic mass is 19.1. The zero-order valence-electron chi connectivity index (χ0n) is 10.8. The Balaban J connectivity index is 2.94. The van der Waals surface area contributed by atoms with E-state index in [2.05, 4.69) is 5.32 Å². The van der Waals surface area contributed by atoms with Gasteiger partial charge in [0.05, 0.1) is 17.3 Å². The number of carboxylic acid groups (broad SMARTS) is 1. The van der Waals surface area contributed by atoms with Crippen LogP contribution in [-0.2, 0) is 4.79 Å². The van der Waals surface area contributed by atoms with Crippen LogP contribution >= 0.6 is 0 Å². The highest BCUT2D eigenvalue weighted by Crippen LogP contribution is 2.18. The molecule has 1 aromatic carbocycles. The van der Waals surface area contributed by atoms with E-state index in [1.165, 1.54) is 6.07 Å². The molecule has 1 rings (SSSR count). The second kappa shape index (κ2) is 6.29. The summed E-state index contributed by atoms with van der Waals surface area (Å²) in [6, 6.07) is 2.40. The van der Waals surface area contributed by atoms with Crippen molar-refractivity contribution in [2.75, 3.05) is 5.32 Å². The Bertz CT molecular complexity index is 491. The average Bonchev–Trinajstić information content (AvgIpc) is 2.38.